The van der Waals surface area contributed by atoms with Gasteiger partial charge >= 0.3 is 0 Å². The van der Waals surface area contributed by atoms with E-state index in [1.807, 2.05) is 19.0 Å². The zero-order valence-electron chi connectivity index (χ0n) is 18.2. The molecule has 1 atom stereocenters. The van der Waals surface area contributed by atoms with Crippen molar-refractivity contribution in [3.8, 4) is 11.5 Å². The summed E-state index contributed by atoms with van der Waals surface area (Å²) in [5.41, 5.74) is 0.592. The standard InChI is InChI=1S/C23H23N3O7/c1-24(2)9-10-25-20(14-3-6-16(7-4-14)26(30)31)19(22(28)23(25)29)21(27)15-5-8-17-18(13-15)33-12-11-32-17/h3-8,13,20,27H,9-12H2,1-2H3/b21-19-. The van der Waals surface area contributed by atoms with E-state index in [-0.39, 0.29) is 23.6 Å². The number of benzene rings is 2. The molecule has 0 radical (unpaired) electrons. The maximum Gasteiger partial charge on any atom is 0.295 e. The Kier molecular flexibility index (Phi) is 6.01. The van der Waals surface area contributed by atoms with Gasteiger partial charge in [-0.3, -0.25) is 19.7 Å². The van der Waals surface area contributed by atoms with Crippen molar-refractivity contribution in [1.82, 2.24) is 9.80 Å². The van der Waals surface area contributed by atoms with Gasteiger partial charge in [0.05, 0.1) is 16.5 Å². The molecule has 0 aliphatic carbocycles. The van der Waals surface area contributed by atoms with Crippen molar-refractivity contribution in [1.29, 1.82) is 0 Å². The largest absolute Gasteiger partial charge is 0.507 e. The highest BCUT2D eigenvalue weighted by Crippen LogP contribution is 2.41. The van der Waals surface area contributed by atoms with E-state index in [2.05, 4.69) is 0 Å². The van der Waals surface area contributed by atoms with Gasteiger partial charge in [-0.2, -0.15) is 0 Å². The lowest BCUT2D eigenvalue weighted by atomic mass is 9.95. The monoisotopic (exact) mass is 453 g/mol. The van der Waals surface area contributed by atoms with E-state index in [1.54, 1.807) is 18.2 Å². The smallest absolute Gasteiger partial charge is 0.295 e. The highest BCUT2D eigenvalue weighted by Gasteiger charge is 2.46. The van der Waals surface area contributed by atoms with Crippen LogP contribution in [-0.4, -0.2) is 71.9 Å². The molecule has 2 heterocycles. The van der Waals surface area contributed by atoms with Crippen LogP contribution in [0.2, 0.25) is 0 Å². The quantitative estimate of drug-likeness (QED) is 0.233. The normalized spacial score (nSPS) is 19.2. The van der Waals surface area contributed by atoms with Crippen LogP contribution in [0.5, 0.6) is 11.5 Å². The number of ketones is 1. The third-order valence-electron chi connectivity index (χ3n) is 5.56. The van der Waals surface area contributed by atoms with E-state index in [0.717, 1.165) is 0 Å². The minimum absolute atomic E-state index is 0.0794. The number of Topliss-reactive ketones (excluding diaryl/α,β-unsaturated/α-hetero) is 1. The molecular formula is C23H23N3O7. The van der Waals surface area contributed by atoms with Crippen LogP contribution in [0.1, 0.15) is 17.2 Å². The number of rotatable bonds is 6. The molecule has 2 aliphatic heterocycles. The number of hydrogen-bond acceptors (Lipinski definition) is 8. The lowest BCUT2D eigenvalue weighted by Crippen LogP contribution is -2.35. The highest BCUT2D eigenvalue weighted by atomic mass is 16.6. The van der Waals surface area contributed by atoms with Crippen LogP contribution in [0, 0.1) is 10.1 Å². The number of nitro groups is 1. The third kappa shape index (κ3) is 4.24. The number of non-ortho nitro benzene ring substituents is 1. The molecule has 10 nitrogen and oxygen atoms in total. The van der Waals surface area contributed by atoms with E-state index < -0.39 is 22.7 Å². The summed E-state index contributed by atoms with van der Waals surface area (Å²) >= 11 is 0. The molecule has 1 fully saturated rings. The van der Waals surface area contributed by atoms with Gasteiger partial charge in [0.1, 0.15) is 19.0 Å². The van der Waals surface area contributed by atoms with Gasteiger partial charge in [0.25, 0.3) is 17.4 Å². The number of likely N-dealkylation sites (tertiary alicyclic amines) is 1. The Labute approximate surface area is 189 Å². The van der Waals surface area contributed by atoms with Crippen molar-refractivity contribution in [2.75, 3.05) is 40.4 Å². The van der Waals surface area contributed by atoms with Crippen molar-refractivity contribution in [3.63, 3.8) is 0 Å². The molecule has 0 bridgehead atoms. The fraction of sp³-hybridized carbons (Fsp3) is 0.304. The highest BCUT2D eigenvalue weighted by molar-refractivity contribution is 6.46. The van der Waals surface area contributed by atoms with Crippen molar-refractivity contribution >= 4 is 23.1 Å². The van der Waals surface area contributed by atoms with Gasteiger partial charge in [0, 0.05) is 30.8 Å². The number of aliphatic hydroxyl groups excluding tert-OH is 1. The number of ether oxygens (including phenoxy) is 2. The number of carbonyl (C=O) groups excluding carboxylic acids is 2. The van der Waals surface area contributed by atoms with Crippen LogP contribution in [0.4, 0.5) is 5.69 Å². The van der Waals surface area contributed by atoms with E-state index >= 15 is 0 Å². The molecule has 0 aromatic heterocycles. The van der Waals surface area contributed by atoms with Gasteiger partial charge in [-0.05, 0) is 50.0 Å². The predicted octanol–water partition coefficient (Wildman–Crippen LogP) is 2.35. The molecule has 1 unspecified atom stereocenters. The fourth-order valence-corrected chi connectivity index (χ4v) is 3.89. The van der Waals surface area contributed by atoms with Crippen LogP contribution < -0.4 is 9.47 Å². The van der Waals surface area contributed by atoms with Gasteiger partial charge in [-0.25, -0.2) is 0 Å². The third-order valence-corrected chi connectivity index (χ3v) is 5.56. The second kappa shape index (κ2) is 8.91. The van der Waals surface area contributed by atoms with Gasteiger partial charge in [-0.1, -0.05) is 0 Å². The first-order valence-electron chi connectivity index (χ1n) is 10.4. The maximum absolute atomic E-state index is 13.0. The second-order valence-corrected chi connectivity index (χ2v) is 8.00. The first kappa shape index (κ1) is 22.3. The molecule has 1 amide bonds. The molecule has 1 saturated heterocycles. The second-order valence-electron chi connectivity index (χ2n) is 8.00. The predicted molar refractivity (Wildman–Crippen MR) is 118 cm³/mol. The first-order valence-corrected chi connectivity index (χ1v) is 10.4. The van der Waals surface area contributed by atoms with Crippen molar-refractivity contribution in [2.24, 2.45) is 0 Å². The molecule has 172 valence electrons. The summed E-state index contributed by atoms with van der Waals surface area (Å²) in [7, 11) is 3.68. The van der Waals surface area contributed by atoms with Crippen LogP contribution in [0.25, 0.3) is 5.76 Å². The number of amides is 1. The van der Waals surface area contributed by atoms with Gasteiger partial charge in [0.2, 0.25) is 0 Å². The average molecular weight is 453 g/mol. The van der Waals surface area contributed by atoms with E-state index in [1.165, 1.54) is 29.2 Å². The summed E-state index contributed by atoms with van der Waals surface area (Å²) in [4.78, 5) is 39.7. The number of fused-ring (bicyclic) bond motifs is 1. The topological polar surface area (TPSA) is 122 Å². The Balaban J connectivity index is 1.81. The molecule has 4 rings (SSSR count). The number of nitro benzene ring substituents is 1. The van der Waals surface area contributed by atoms with Crippen LogP contribution in [0.3, 0.4) is 0 Å². The molecule has 2 aromatic rings. The van der Waals surface area contributed by atoms with Crippen LogP contribution in [-0.2, 0) is 9.59 Å². The molecule has 2 aliphatic rings. The zero-order chi connectivity index (χ0) is 23.7. The SMILES string of the molecule is CN(C)CCN1C(=O)C(=O)/C(=C(\O)c2ccc3c(c2)OCCO3)C1c1ccc([N+](=O)[O-])cc1. The van der Waals surface area contributed by atoms with Crippen LogP contribution >= 0.6 is 0 Å². The summed E-state index contributed by atoms with van der Waals surface area (Å²) < 4.78 is 11.1. The van der Waals surface area contributed by atoms with Crippen molar-refractivity contribution < 1.29 is 29.1 Å². The lowest BCUT2D eigenvalue weighted by Gasteiger charge is -2.26. The Morgan fingerprint density at radius 3 is 2.42 bits per heavy atom. The van der Waals surface area contributed by atoms with Gasteiger partial charge < -0.3 is 24.4 Å². The number of nitrogens with zero attached hydrogens (tertiary/aromatic N) is 3. The van der Waals surface area contributed by atoms with Crippen molar-refractivity contribution in [2.45, 2.75) is 6.04 Å². The van der Waals surface area contributed by atoms with E-state index in [9.17, 15) is 24.8 Å². The minimum atomic E-state index is -0.890. The summed E-state index contributed by atoms with van der Waals surface area (Å²) in [5.74, 6) is -0.944. The van der Waals surface area contributed by atoms with Crippen molar-refractivity contribution in [3.05, 3.63) is 69.3 Å². The lowest BCUT2D eigenvalue weighted by molar-refractivity contribution is -0.384. The van der Waals surface area contributed by atoms with Crippen LogP contribution in [0.15, 0.2) is 48.0 Å². The molecule has 2 aromatic carbocycles. The Morgan fingerprint density at radius 2 is 1.79 bits per heavy atom. The Hall–Kier alpha value is -3.92. The summed E-state index contributed by atoms with van der Waals surface area (Å²) in [6, 6.07) is 9.50. The van der Waals surface area contributed by atoms with E-state index in [0.29, 0.717) is 42.4 Å². The van der Waals surface area contributed by atoms with Gasteiger partial charge in [0.15, 0.2) is 11.5 Å². The molecule has 10 heteroatoms. The Morgan fingerprint density at radius 1 is 1.12 bits per heavy atom. The molecular weight excluding hydrogens is 430 g/mol. The number of hydrogen-bond donors (Lipinski definition) is 1. The zero-order valence-corrected chi connectivity index (χ0v) is 18.2. The molecule has 0 saturated carbocycles. The van der Waals surface area contributed by atoms with Gasteiger partial charge in [-0.15, -0.1) is 0 Å². The summed E-state index contributed by atoms with van der Waals surface area (Å²) in [5, 5.41) is 22.2. The summed E-state index contributed by atoms with van der Waals surface area (Å²) in [6.07, 6.45) is 0. The van der Waals surface area contributed by atoms with E-state index in [4.69, 9.17) is 9.47 Å². The molecule has 1 N–H and O–H groups in total. The Bertz CT molecular complexity index is 1140. The fourth-order valence-electron chi connectivity index (χ4n) is 3.89. The average Bonchev–Trinajstić information content (AvgIpc) is 3.06. The number of likely N-dealkylation sites (N-methyl/N-ethyl adjacent to an activating group) is 1. The molecule has 33 heavy (non-hydrogen) atoms. The summed E-state index contributed by atoms with van der Waals surface area (Å²) in [6.45, 7) is 1.49. The number of carbonyl (C=O) groups is 2. The minimum Gasteiger partial charge on any atom is -0.507 e. The molecule has 0 spiro atoms. The number of aliphatic hydroxyl groups is 1. The maximum atomic E-state index is 13.0. The first-order chi connectivity index (χ1) is 15.8.